The van der Waals surface area contributed by atoms with E-state index in [4.69, 9.17) is 0 Å². The van der Waals surface area contributed by atoms with Crippen LogP contribution < -0.4 is 0 Å². The minimum Gasteiger partial charge on any atom is -0.192 e. The van der Waals surface area contributed by atoms with Gasteiger partial charge in [0.1, 0.15) is 0 Å². The van der Waals surface area contributed by atoms with E-state index >= 15 is 0 Å². The number of hydrogen-bond acceptors (Lipinski definition) is 3. The van der Waals surface area contributed by atoms with Crippen LogP contribution in [0.2, 0.25) is 0 Å². The van der Waals surface area contributed by atoms with E-state index in [2.05, 4.69) is 125 Å². The van der Waals surface area contributed by atoms with Crippen molar-refractivity contribution in [3.63, 3.8) is 0 Å². The highest BCUT2D eigenvalue weighted by atomic mass is 32.2. The average molecular weight is 559 g/mol. The Morgan fingerprint density at radius 2 is 1.19 bits per heavy atom. The highest BCUT2D eigenvalue weighted by Crippen LogP contribution is 2.53. The van der Waals surface area contributed by atoms with E-state index in [1.54, 1.807) is 12.1 Å². The van der Waals surface area contributed by atoms with Gasteiger partial charge in [-0.15, -0.1) is 0 Å². The second-order valence-corrected chi connectivity index (χ2v) is 13.5. The van der Waals surface area contributed by atoms with Crippen molar-refractivity contribution in [3.8, 4) is 23.3 Å². The fraction of sp³-hybridized carbons (Fsp3) is 0.179. The number of fused-ring (bicyclic) bond motifs is 4. The molecular weight excluding hydrogens is 529 g/mol. The van der Waals surface area contributed by atoms with Crippen molar-refractivity contribution in [3.05, 3.63) is 153 Å². The Balaban J connectivity index is 1.37. The minimum absolute atomic E-state index is 0.0594. The third-order valence-electron chi connectivity index (χ3n) is 9.35. The van der Waals surface area contributed by atoms with Crippen LogP contribution in [0.3, 0.4) is 0 Å². The van der Waals surface area contributed by atoms with Crippen molar-refractivity contribution in [2.45, 2.75) is 54.2 Å². The first-order valence-corrected chi connectivity index (χ1v) is 15.2. The van der Waals surface area contributed by atoms with E-state index in [1.165, 1.54) is 48.7 Å². The van der Waals surface area contributed by atoms with Crippen LogP contribution in [0, 0.1) is 22.7 Å². The summed E-state index contributed by atoms with van der Waals surface area (Å²) in [6.45, 7) is 9.31. The molecule has 2 nitrogen and oxygen atoms in total. The Bertz CT molecular complexity index is 1950. The van der Waals surface area contributed by atoms with Crippen molar-refractivity contribution < 1.29 is 0 Å². The summed E-state index contributed by atoms with van der Waals surface area (Å²) in [5.74, 6) is 0.168. The molecular formula is C39H30N2S. The summed E-state index contributed by atoms with van der Waals surface area (Å²) in [6, 6.07) is 41.3. The Morgan fingerprint density at radius 1 is 0.595 bits per heavy atom. The molecule has 2 aliphatic rings. The van der Waals surface area contributed by atoms with E-state index in [9.17, 15) is 10.5 Å². The summed E-state index contributed by atoms with van der Waals surface area (Å²) in [5, 5.41) is 19.2. The fourth-order valence-electron chi connectivity index (χ4n) is 7.11. The molecule has 0 bridgehead atoms. The molecule has 7 rings (SSSR count). The third-order valence-corrected chi connectivity index (χ3v) is 10.5. The van der Waals surface area contributed by atoms with E-state index in [1.807, 2.05) is 17.8 Å². The lowest BCUT2D eigenvalue weighted by atomic mass is 9.63. The summed E-state index contributed by atoms with van der Waals surface area (Å²) in [5.41, 5.74) is 12.0. The second-order valence-electron chi connectivity index (χ2n) is 12.4. The smallest absolute Gasteiger partial charge is 0.0998 e. The van der Waals surface area contributed by atoms with Crippen LogP contribution in [-0.4, -0.2) is 0 Å². The predicted molar refractivity (Wildman–Crippen MR) is 170 cm³/mol. The molecule has 0 fully saturated rings. The number of nitriles is 2. The number of benzene rings is 5. The molecule has 0 saturated carbocycles. The van der Waals surface area contributed by atoms with Gasteiger partial charge in [0.05, 0.1) is 23.3 Å². The summed E-state index contributed by atoms with van der Waals surface area (Å²) in [7, 11) is 0. The molecule has 202 valence electrons. The van der Waals surface area contributed by atoms with Crippen LogP contribution in [0.25, 0.3) is 11.1 Å². The average Bonchev–Trinajstić information content (AvgIpc) is 3.01. The molecule has 1 heterocycles. The quantitative estimate of drug-likeness (QED) is 0.217. The van der Waals surface area contributed by atoms with Gasteiger partial charge in [-0.25, -0.2) is 0 Å². The molecule has 1 aliphatic carbocycles. The molecule has 0 aromatic heterocycles. The summed E-state index contributed by atoms with van der Waals surface area (Å²) in [4.78, 5) is 2.53. The van der Waals surface area contributed by atoms with Gasteiger partial charge in [0, 0.05) is 26.5 Å². The van der Waals surface area contributed by atoms with Gasteiger partial charge in [-0.05, 0) is 80.4 Å². The normalized spacial score (nSPS) is 15.8. The molecule has 1 aliphatic heterocycles. The van der Waals surface area contributed by atoms with Crippen molar-refractivity contribution in [2.24, 2.45) is 0 Å². The summed E-state index contributed by atoms with van der Waals surface area (Å²) in [6.07, 6.45) is 0. The van der Waals surface area contributed by atoms with Crippen molar-refractivity contribution in [2.75, 3.05) is 0 Å². The first kappa shape index (κ1) is 26.3. The molecule has 0 saturated heterocycles. The Morgan fingerprint density at radius 3 is 1.83 bits per heavy atom. The molecule has 5 aromatic carbocycles. The topological polar surface area (TPSA) is 47.6 Å². The highest BCUT2D eigenvalue weighted by Gasteiger charge is 2.39. The van der Waals surface area contributed by atoms with Gasteiger partial charge in [0.2, 0.25) is 0 Å². The minimum atomic E-state index is -0.242. The molecule has 42 heavy (non-hydrogen) atoms. The van der Waals surface area contributed by atoms with Crippen LogP contribution in [0.4, 0.5) is 0 Å². The van der Waals surface area contributed by atoms with Gasteiger partial charge in [-0.1, -0.05) is 112 Å². The van der Waals surface area contributed by atoms with E-state index in [0.29, 0.717) is 11.1 Å². The van der Waals surface area contributed by atoms with Crippen molar-refractivity contribution >= 4 is 11.8 Å². The molecule has 0 N–H and O–H groups in total. The zero-order valence-corrected chi connectivity index (χ0v) is 25.0. The number of nitrogens with zero attached hydrogens (tertiary/aromatic N) is 2. The maximum atomic E-state index is 9.83. The first-order chi connectivity index (χ1) is 20.2. The summed E-state index contributed by atoms with van der Waals surface area (Å²) < 4.78 is 0. The highest BCUT2D eigenvalue weighted by molar-refractivity contribution is 7.99. The van der Waals surface area contributed by atoms with E-state index in [-0.39, 0.29) is 16.7 Å². The van der Waals surface area contributed by atoms with Gasteiger partial charge >= 0.3 is 0 Å². The molecule has 0 spiro atoms. The van der Waals surface area contributed by atoms with Crippen LogP contribution >= 0.6 is 11.8 Å². The zero-order valence-electron chi connectivity index (χ0n) is 24.2. The third kappa shape index (κ3) is 3.85. The molecule has 0 unspecified atom stereocenters. The molecule has 0 amide bonds. The predicted octanol–water partition coefficient (Wildman–Crippen LogP) is 9.71. The Kier molecular flexibility index (Phi) is 5.95. The fourth-order valence-corrected chi connectivity index (χ4v) is 8.47. The Labute approximate surface area is 252 Å². The second kappa shape index (κ2) is 9.49. The van der Waals surface area contributed by atoms with Crippen LogP contribution in [-0.2, 0) is 10.8 Å². The largest absolute Gasteiger partial charge is 0.192 e. The molecule has 3 heteroatoms. The van der Waals surface area contributed by atoms with Crippen molar-refractivity contribution in [1.29, 1.82) is 10.5 Å². The standard InChI is InChI=1S/C39H30N2S/c1-38(2)31-11-7-5-9-29(31)37(30-10-6-8-12-32(30)38)26-15-18-36-34(21-26)39(3,4)33-20-25(14-17-35(33)42-36)28-16-13-24(22-40)19-27(28)23-41/h5-21,37H,1-4H3. The molecule has 0 atom stereocenters. The van der Waals surface area contributed by atoms with Gasteiger partial charge < -0.3 is 0 Å². The van der Waals surface area contributed by atoms with Gasteiger partial charge in [0.15, 0.2) is 0 Å². The monoisotopic (exact) mass is 558 g/mol. The van der Waals surface area contributed by atoms with E-state index < -0.39 is 0 Å². The molecule has 0 radical (unpaired) electrons. The number of rotatable bonds is 2. The lowest BCUT2D eigenvalue weighted by molar-refractivity contribution is 0.592. The van der Waals surface area contributed by atoms with Crippen LogP contribution in [0.1, 0.15) is 83.7 Å². The summed E-state index contributed by atoms with van der Waals surface area (Å²) >= 11 is 1.82. The van der Waals surface area contributed by atoms with Crippen LogP contribution in [0.15, 0.2) is 113 Å². The first-order valence-electron chi connectivity index (χ1n) is 14.3. The van der Waals surface area contributed by atoms with Gasteiger partial charge in [0.25, 0.3) is 0 Å². The maximum absolute atomic E-state index is 9.83. The zero-order chi connectivity index (χ0) is 29.2. The van der Waals surface area contributed by atoms with Crippen LogP contribution in [0.5, 0.6) is 0 Å². The lowest BCUT2D eigenvalue weighted by Crippen LogP contribution is -2.30. The number of hydrogen-bond donors (Lipinski definition) is 0. The molecule has 5 aromatic rings. The Hall–Kier alpha value is -4.57. The van der Waals surface area contributed by atoms with E-state index in [0.717, 1.165) is 11.1 Å². The van der Waals surface area contributed by atoms with Gasteiger partial charge in [-0.2, -0.15) is 10.5 Å². The SMILES string of the molecule is CC1(C)c2cc(-c3ccc(C#N)cc3C#N)ccc2Sc2ccc(C3c4ccccc4C(C)(C)c4ccccc43)cc21. The van der Waals surface area contributed by atoms with Crippen molar-refractivity contribution in [1.82, 2.24) is 0 Å². The van der Waals surface area contributed by atoms with Gasteiger partial charge in [-0.3, -0.25) is 0 Å². The lowest BCUT2D eigenvalue weighted by Gasteiger charge is -2.40. The maximum Gasteiger partial charge on any atom is 0.0998 e.